The number of sulfone groups is 1. The predicted molar refractivity (Wildman–Crippen MR) is 98.3 cm³/mol. The Bertz CT molecular complexity index is 672. The summed E-state index contributed by atoms with van der Waals surface area (Å²) in [7, 11) is -3.25. The van der Waals surface area contributed by atoms with E-state index in [0.717, 1.165) is 37.1 Å². The van der Waals surface area contributed by atoms with Crippen LogP contribution in [0.3, 0.4) is 0 Å². The Kier molecular flexibility index (Phi) is 6.68. The lowest BCUT2D eigenvalue weighted by Crippen LogP contribution is -2.06. The van der Waals surface area contributed by atoms with Crippen LogP contribution in [0.2, 0.25) is 0 Å². The Morgan fingerprint density at radius 3 is 2.33 bits per heavy atom. The zero-order valence-corrected chi connectivity index (χ0v) is 17.3. The second kappa shape index (κ2) is 7.86. The van der Waals surface area contributed by atoms with E-state index in [1.54, 1.807) is 0 Å². The molecule has 0 fully saturated rings. The topological polar surface area (TPSA) is 47.0 Å². The van der Waals surface area contributed by atoms with Crippen LogP contribution in [0, 0.1) is 0 Å². The largest absolute Gasteiger partial charge is 0.223 e. The molecule has 8 heteroatoms. The number of aromatic nitrogens is 1. The number of nitrogens with zero attached hydrogens (tertiary/aromatic N) is 1. The van der Waals surface area contributed by atoms with Gasteiger partial charge in [0.05, 0.1) is 18.0 Å². The maximum Gasteiger partial charge on any atom is 0.210 e. The summed E-state index contributed by atoms with van der Waals surface area (Å²) in [6.45, 7) is 2.18. The minimum atomic E-state index is -3.25. The molecule has 2 aromatic heterocycles. The quantitative estimate of drug-likeness (QED) is 0.439. The van der Waals surface area contributed by atoms with E-state index in [4.69, 9.17) is 0 Å². The number of unbranched alkanes of at least 4 members (excludes halogenated alkanes) is 5. The first-order valence-corrected chi connectivity index (χ1v) is 11.8. The van der Waals surface area contributed by atoms with E-state index >= 15 is 0 Å². The Balaban J connectivity index is 1.99. The summed E-state index contributed by atoms with van der Waals surface area (Å²) < 4.78 is 27.6. The van der Waals surface area contributed by atoms with Gasteiger partial charge in [-0.2, -0.15) is 0 Å². The van der Waals surface area contributed by atoms with Gasteiger partial charge in [0, 0.05) is 0 Å². The minimum absolute atomic E-state index is 0.202. The third-order valence-corrected chi connectivity index (χ3v) is 9.40. The molecule has 0 N–H and O–H groups in total. The van der Waals surface area contributed by atoms with Crippen molar-refractivity contribution >= 4 is 74.6 Å². The number of hydrogen-bond acceptors (Lipinski definition) is 5. The first-order valence-electron chi connectivity index (χ1n) is 6.92. The molecule has 0 spiro atoms. The van der Waals surface area contributed by atoms with Gasteiger partial charge in [0.25, 0.3) is 0 Å². The lowest BCUT2D eigenvalue weighted by Gasteiger charge is -2.01. The maximum absolute atomic E-state index is 12.3. The van der Waals surface area contributed by atoms with Gasteiger partial charge in [-0.3, -0.25) is 0 Å². The number of thiophene rings is 1. The van der Waals surface area contributed by atoms with Crippen molar-refractivity contribution in [2.75, 3.05) is 5.75 Å². The van der Waals surface area contributed by atoms with Crippen LogP contribution in [0.15, 0.2) is 11.9 Å². The number of halogens is 2. The summed E-state index contributed by atoms with van der Waals surface area (Å²) in [5.41, 5.74) is 0.749. The van der Waals surface area contributed by atoms with E-state index in [1.807, 2.05) is 0 Å². The van der Waals surface area contributed by atoms with Gasteiger partial charge in [-0.05, 0) is 38.3 Å². The smallest absolute Gasteiger partial charge is 0.210 e. The standard InChI is InChI=1S/C13H17Br2NO2S3/c1-2-3-4-5-6-7-8-21(17,18)13-16-9-10(19-13)12(15)20-11(9)14/h2-8H2,1H3. The average molecular weight is 475 g/mol. The molecular weight excluding hydrogens is 458 g/mol. The Morgan fingerprint density at radius 2 is 1.67 bits per heavy atom. The first-order chi connectivity index (χ1) is 9.95. The van der Waals surface area contributed by atoms with Crippen LogP contribution in [0.5, 0.6) is 0 Å². The van der Waals surface area contributed by atoms with Crippen molar-refractivity contribution in [3.8, 4) is 0 Å². The number of hydrogen-bond donors (Lipinski definition) is 0. The van der Waals surface area contributed by atoms with E-state index < -0.39 is 9.84 Å². The fourth-order valence-electron chi connectivity index (χ4n) is 2.03. The lowest BCUT2D eigenvalue weighted by atomic mass is 10.1. The van der Waals surface area contributed by atoms with Crippen LogP contribution in [-0.2, 0) is 9.84 Å². The molecule has 0 radical (unpaired) electrons. The van der Waals surface area contributed by atoms with Crippen molar-refractivity contribution in [1.29, 1.82) is 0 Å². The summed E-state index contributed by atoms with van der Waals surface area (Å²) in [6, 6.07) is 0. The van der Waals surface area contributed by atoms with E-state index in [0.29, 0.717) is 0 Å². The lowest BCUT2D eigenvalue weighted by molar-refractivity contribution is 0.583. The third kappa shape index (κ3) is 4.50. The summed E-state index contributed by atoms with van der Waals surface area (Å²) in [5.74, 6) is 0.202. The SMILES string of the molecule is CCCCCCCCS(=O)(=O)c1nc2c(Br)sc(Br)c2s1. The van der Waals surface area contributed by atoms with Crippen LogP contribution in [0.4, 0.5) is 0 Å². The van der Waals surface area contributed by atoms with Crippen molar-refractivity contribution < 1.29 is 8.42 Å². The average Bonchev–Trinajstić information content (AvgIpc) is 2.97. The van der Waals surface area contributed by atoms with Crippen LogP contribution in [0.25, 0.3) is 10.2 Å². The van der Waals surface area contributed by atoms with Gasteiger partial charge >= 0.3 is 0 Å². The second-order valence-electron chi connectivity index (χ2n) is 4.89. The van der Waals surface area contributed by atoms with Crippen LogP contribution >= 0.6 is 54.5 Å². The van der Waals surface area contributed by atoms with E-state index in [-0.39, 0.29) is 10.1 Å². The molecule has 0 saturated carbocycles. The molecule has 0 unspecified atom stereocenters. The van der Waals surface area contributed by atoms with Gasteiger partial charge in [0.15, 0.2) is 0 Å². The molecule has 0 aromatic carbocycles. The first kappa shape index (κ1) is 17.8. The molecule has 0 amide bonds. The second-order valence-corrected chi connectivity index (χ2v) is 11.8. The van der Waals surface area contributed by atoms with Gasteiger partial charge in [-0.25, -0.2) is 13.4 Å². The van der Waals surface area contributed by atoms with Gasteiger partial charge in [0.2, 0.25) is 14.2 Å². The summed E-state index contributed by atoms with van der Waals surface area (Å²) in [4.78, 5) is 4.30. The number of fused-ring (bicyclic) bond motifs is 1. The molecule has 2 rings (SSSR count). The summed E-state index contributed by atoms with van der Waals surface area (Å²) in [5, 5.41) is 0. The van der Waals surface area contributed by atoms with Gasteiger partial charge in [-0.15, -0.1) is 22.7 Å². The van der Waals surface area contributed by atoms with Crippen LogP contribution in [0.1, 0.15) is 45.4 Å². The zero-order chi connectivity index (χ0) is 15.5. The molecule has 0 saturated heterocycles. The fraction of sp³-hybridized carbons (Fsp3) is 0.615. The normalized spacial score (nSPS) is 12.3. The van der Waals surface area contributed by atoms with Gasteiger partial charge < -0.3 is 0 Å². The minimum Gasteiger partial charge on any atom is -0.223 e. The van der Waals surface area contributed by atoms with Crippen molar-refractivity contribution in [1.82, 2.24) is 4.98 Å². The summed E-state index contributed by atoms with van der Waals surface area (Å²) in [6.07, 6.45) is 6.46. The fourth-order valence-corrected chi connectivity index (χ4v) is 8.04. The Morgan fingerprint density at radius 1 is 1.00 bits per heavy atom. The van der Waals surface area contributed by atoms with Crippen LogP contribution < -0.4 is 0 Å². The molecule has 0 aliphatic heterocycles. The molecule has 2 aromatic rings. The molecule has 21 heavy (non-hydrogen) atoms. The Labute approximate surface area is 150 Å². The molecule has 0 aliphatic rings. The van der Waals surface area contributed by atoms with E-state index in [2.05, 4.69) is 43.8 Å². The molecule has 2 heterocycles. The molecule has 3 nitrogen and oxygen atoms in total. The maximum atomic E-state index is 12.3. The predicted octanol–water partition coefficient (Wildman–Crippen LogP) is 6.02. The highest BCUT2D eigenvalue weighted by Gasteiger charge is 2.22. The highest BCUT2D eigenvalue weighted by molar-refractivity contribution is 9.12. The van der Waals surface area contributed by atoms with Crippen molar-refractivity contribution in [3.05, 3.63) is 7.57 Å². The zero-order valence-electron chi connectivity index (χ0n) is 11.7. The van der Waals surface area contributed by atoms with E-state index in [9.17, 15) is 8.42 Å². The molecular formula is C13H17Br2NO2S3. The highest BCUT2D eigenvalue weighted by atomic mass is 79.9. The molecule has 0 aliphatic carbocycles. The van der Waals surface area contributed by atoms with Crippen molar-refractivity contribution in [3.63, 3.8) is 0 Å². The van der Waals surface area contributed by atoms with Gasteiger partial charge in [-0.1, -0.05) is 39.0 Å². The molecule has 0 atom stereocenters. The van der Waals surface area contributed by atoms with Crippen LogP contribution in [-0.4, -0.2) is 19.2 Å². The monoisotopic (exact) mass is 473 g/mol. The number of thiazole rings is 1. The van der Waals surface area contributed by atoms with Crippen molar-refractivity contribution in [2.24, 2.45) is 0 Å². The summed E-state index contributed by atoms with van der Waals surface area (Å²) >= 11 is 9.66. The molecule has 0 bridgehead atoms. The molecule has 118 valence electrons. The number of rotatable bonds is 8. The Hall–Kier alpha value is 0.500. The third-order valence-electron chi connectivity index (χ3n) is 3.18. The van der Waals surface area contributed by atoms with E-state index in [1.165, 1.54) is 41.9 Å². The van der Waals surface area contributed by atoms with Gasteiger partial charge in [0.1, 0.15) is 5.52 Å². The van der Waals surface area contributed by atoms with Crippen molar-refractivity contribution in [2.45, 2.75) is 49.8 Å². The highest BCUT2D eigenvalue weighted by Crippen LogP contribution is 2.42.